The molecule has 1 aromatic carbocycles. The largest absolute Gasteiger partial charge is 0.353 e. The Bertz CT molecular complexity index is 973. The van der Waals surface area contributed by atoms with Crippen LogP contribution in [0.1, 0.15) is 22.6 Å². The molecule has 6 heteroatoms. The third kappa shape index (κ3) is 5.59. The predicted molar refractivity (Wildman–Crippen MR) is 107 cm³/mol. The molecule has 0 aliphatic rings. The molecule has 5 nitrogen and oxygen atoms in total. The van der Waals surface area contributed by atoms with Gasteiger partial charge in [-0.2, -0.15) is 5.26 Å². The molecule has 2 heterocycles. The van der Waals surface area contributed by atoms with E-state index in [1.807, 2.05) is 23.6 Å². The third-order valence-electron chi connectivity index (χ3n) is 3.84. The van der Waals surface area contributed by atoms with Crippen LogP contribution in [0.2, 0.25) is 0 Å². The zero-order valence-electron chi connectivity index (χ0n) is 14.6. The maximum Gasteiger partial charge on any atom is 0.243 e. The Morgan fingerprint density at radius 2 is 2.11 bits per heavy atom. The maximum atomic E-state index is 11.9. The van der Waals surface area contributed by atoms with Crippen molar-refractivity contribution < 1.29 is 4.79 Å². The van der Waals surface area contributed by atoms with Gasteiger partial charge in [0.2, 0.25) is 5.91 Å². The van der Waals surface area contributed by atoms with Crippen LogP contribution in [-0.4, -0.2) is 22.4 Å². The van der Waals surface area contributed by atoms with E-state index in [-0.39, 0.29) is 5.91 Å². The second-order valence-corrected chi connectivity index (χ2v) is 6.77. The second kappa shape index (κ2) is 9.41. The molecule has 0 radical (unpaired) electrons. The first-order valence-electron chi connectivity index (χ1n) is 8.55. The van der Waals surface area contributed by atoms with E-state index in [0.717, 1.165) is 34.7 Å². The number of benzene rings is 1. The summed E-state index contributed by atoms with van der Waals surface area (Å²) in [6.45, 7) is 0.589. The lowest BCUT2D eigenvalue weighted by Gasteiger charge is -2.01. The van der Waals surface area contributed by atoms with E-state index in [1.54, 1.807) is 48.0 Å². The number of nitrogens with one attached hydrogen (secondary N) is 1. The van der Waals surface area contributed by atoms with Gasteiger partial charge in [0.25, 0.3) is 0 Å². The molecule has 0 saturated heterocycles. The monoisotopic (exact) mass is 374 g/mol. The highest BCUT2D eigenvalue weighted by atomic mass is 32.1. The standard InChI is InChI=1S/C21H18N4OS/c22-14-17-4-1-3-16(13-17)6-7-20(26)24-10-2-5-21-25-19(15-27-21)18-8-11-23-12-9-18/h1,3-4,6-9,11-13,15H,2,5,10H2,(H,24,26). The van der Waals surface area contributed by atoms with Gasteiger partial charge in [-0.1, -0.05) is 12.1 Å². The number of carbonyl (C=O) groups excluding carboxylic acids is 1. The molecule has 0 aliphatic heterocycles. The molecule has 1 amide bonds. The molecule has 0 bridgehead atoms. The third-order valence-corrected chi connectivity index (χ3v) is 4.75. The molecule has 3 rings (SSSR count). The van der Waals surface area contributed by atoms with Crippen molar-refractivity contribution in [2.75, 3.05) is 6.54 Å². The Hall–Kier alpha value is -3.30. The Kier molecular flexibility index (Phi) is 6.45. The Morgan fingerprint density at radius 3 is 2.93 bits per heavy atom. The van der Waals surface area contributed by atoms with Crippen LogP contribution in [0, 0.1) is 11.3 Å². The summed E-state index contributed by atoms with van der Waals surface area (Å²) in [4.78, 5) is 20.5. The van der Waals surface area contributed by atoms with E-state index in [4.69, 9.17) is 5.26 Å². The number of aromatic nitrogens is 2. The smallest absolute Gasteiger partial charge is 0.243 e. The fourth-order valence-corrected chi connectivity index (χ4v) is 3.32. The van der Waals surface area contributed by atoms with Gasteiger partial charge in [-0.3, -0.25) is 9.78 Å². The van der Waals surface area contributed by atoms with Gasteiger partial charge in [0.1, 0.15) is 0 Å². The first kappa shape index (κ1) is 18.5. The van der Waals surface area contributed by atoms with Crippen molar-refractivity contribution in [3.8, 4) is 17.3 Å². The number of hydrogen-bond acceptors (Lipinski definition) is 5. The van der Waals surface area contributed by atoms with Crippen molar-refractivity contribution in [3.05, 3.63) is 76.4 Å². The molecule has 0 unspecified atom stereocenters. The fourth-order valence-electron chi connectivity index (χ4n) is 2.47. The summed E-state index contributed by atoms with van der Waals surface area (Å²) in [6, 6.07) is 13.1. The Morgan fingerprint density at radius 1 is 1.26 bits per heavy atom. The van der Waals surface area contributed by atoms with Crippen LogP contribution in [0.25, 0.3) is 17.3 Å². The van der Waals surface area contributed by atoms with Gasteiger partial charge in [0.05, 0.1) is 22.3 Å². The normalized spacial score (nSPS) is 10.6. The van der Waals surface area contributed by atoms with Gasteiger partial charge in [0.15, 0.2) is 0 Å². The summed E-state index contributed by atoms with van der Waals surface area (Å²) in [5.41, 5.74) is 3.43. The van der Waals surface area contributed by atoms with E-state index < -0.39 is 0 Å². The minimum atomic E-state index is -0.144. The SMILES string of the molecule is N#Cc1cccc(C=CC(=O)NCCCc2nc(-c3ccncc3)cs2)c1. The molecule has 3 aromatic rings. The van der Waals surface area contributed by atoms with E-state index >= 15 is 0 Å². The number of aryl methyl sites for hydroxylation is 1. The quantitative estimate of drug-likeness (QED) is 0.503. The highest BCUT2D eigenvalue weighted by Crippen LogP contribution is 2.21. The summed E-state index contributed by atoms with van der Waals surface area (Å²) < 4.78 is 0. The highest BCUT2D eigenvalue weighted by molar-refractivity contribution is 7.09. The molecule has 0 saturated carbocycles. The Labute approximate surface area is 162 Å². The molecule has 0 aliphatic carbocycles. The molecule has 0 spiro atoms. The number of pyridine rings is 1. The van der Waals surface area contributed by atoms with Gasteiger partial charge in [-0.05, 0) is 42.3 Å². The molecule has 2 aromatic heterocycles. The minimum absolute atomic E-state index is 0.144. The van der Waals surface area contributed by atoms with E-state index in [2.05, 4.69) is 21.4 Å². The summed E-state index contributed by atoms with van der Waals surface area (Å²) in [5, 5.41) is 14.8. The lowest BCUT2D eigenvalue weighted by atomic mass is 10.1. The first-order chi connectivity index (χ1) is 13.2. The maximum absolute atomic E-state index is 11.9. The van der Waals surface area contributed by atoms with Crippen molar-refractivity contribution >= 4 is 23.3 Å². The van der Waals surface area contributed by atoms with Gasteiger partial charge >= 0.3 is 0 Å². The average molecular weight is 374 g/mol. The van der Waals surface area contributed by atoms with Crippen LogP contribution in [0.4, 0.5) is 0 Å². The molecule has 0 fully saturated rings. The van der Waals surface area contributed by atoms with Gasteiger partial charge < -0.3 is 5.32 Å². The van der Waals surface area contributed by atoms with Crippen LogP contribution in [0.3, 0.4) is 0 Å². The van der Waals surface area contributed by atoms with E-state index in [1.165, 1.54) is 6.08 Å². The van der Waals surface area contributed by atoms with E-state index in [0.29, 0.717) is 12.1 Å². The van der Waals surface area contributed by atoms with Crippen LogP contribution in [-0.2, 0) is 11.2 Å². The van der Waals surface area contributed by atoms with Gasteiger partial charge in [0, 0.05) is 42.4 Å². The van der Waals surface area contributed by atoms with Gasteiger partial charge in [-0.15, -0.1) is 11.3 Å². The number of thiazole rings is 1. The Balaban J connectivity index is 1.42. The minimum Gasteiger partial charge on any atom is -0.353 e. The molecular formula is C21H18N4OS. The number of nitriles is 1. The lowest BCUT2D eigenvalue weighted by molar-refractivity contribution is -0.116. The molecule has 1 N–H and O–H groups in total. The zero-order valence-corrected chi connectivity index (χ0v) is 15.4. The topological polar surface area (TPSA) is 78.7 Å². The van der Waals surface area contributed by atoms with Crippen LogP contribution in [0.15, 0.2) is 60.2 Å². The van der Waals surface area contributed by atoms with Crippen LogP contribution in [0.5, 0.6) is 0 Å². The van der Waals surface area contributed by atoms with Crippen molar-refractivity contribution in [3.63, 3.8) is 0 Å². The number of amides is 1. The van der Waals surface area contributed by atoms with Crippen molar-refractivity contribution in [1.82, 2.24) is 15.3 Å². The van der Waals surface area contributed by atoms with Crippen molar-refractivity contribution in [2.45, 2.75) is 12.8 Å². The summed E-state index contributed by atoms with van der Waals surface area (Å²) in [5.74, 6) is -0.144. The van der Waals surface area contributed by atoms with Crippen LogP contribution >= 0.6 is 11.3 Å². The second-order valence-electron chi connectivity index (χ2n) is 5.83. The predicted octanol–water partition coefficient (Wildman–Crippen LogP) is 3.84. The number of carbonyl (C=O) groups is 1. The number of hydrogen-bond donors (Lipinski definition) is 1. The summed E-state index contributed by atoms with van der Waals surface area (Å²) >= 11 is 1.63. The number of nitrogens with zero attached hydrogens (tertiary/aromatic N) is 3. The average Bonchev–Trinajstić information content (AvgIpc) is 3.19. The van der Waals surface area contributed by atoms with Crippen molar-refractivity contribution in [2.24, 2.45) is 0 Å². The van der Waals surface area contributed by atoms with Gasteiger partial charge in [-0.25, -0.2) is 4.98 Å². The molecule has 27 heavy (non-hydrogen) atoms. The van der Waals surface area contributed by atoms with E-state index in [9.17, 15) is 4.79 Å². The summed E-state index contributed by atoms with van der Waals surface area (Å²) in [7, 11) is 0. The molecule has 134 valence electrons. The van der Waals surface area contributed by atoms with Crippen molar-refractivity contribution in [1.29, 1.82) is 5.26 Å². The highest BCUT2D eigenvalue weighted by Gasteiger charge is 2.04. The first-order valence-corrected chi connectivity index (χ1v) is 9.43. The fraction of sp³-hybridized carbons (Fsp3) is 0.143. The molecule has 0 atom stereocenters. The zero-order chi connectivity index (χ0) is 18.9. The summed E-state index contributed by atoms with van der Waals surface area (Å²) in [6.07, 6.45) is 8.36. The molecular weight excluding hydrogens is 356 g/mol. The number of rotatable bonds is 7. The lowest BCUT2D eigenvalue weighted by Crippen LogP contribution is -2.22. The van der Waals surface area contributed by atoms with Crippen LogP contribution < -0.4 is 5.32 Å².